The van der Waals surface area contributed by atoms with Crippen molar-refractivity contribution in [1.29, 1.82) is 0 Å². The molecule has 0 spiro atoms. The Morgan fingerprint density at radius 2 is 0.935 bits per heavy atom. The first-order valence-electron chi connectivity index (χ1n) is 17.4. The molecule has 2 nitrogen and oxygen atoms in total. The minimum Gasteiger partial charge on any atom is -0.242 e. The summed E-state index contributed by atoms with van der Waals surface area (Å²) in [5, 5.41) is 7.10. The molecule has 238 valence electrons. The molecule has 0 saturated heterocycles. The van der Waals surface area contributed by atoms with Gasteiger partial charge in [0.2, 0.25) is 0 Å². The van der Waals surface area contributed by atoms with Gasteiger partial charge in [-0.3, -0.25) is 0 Å². The van der Waals surface area contributed by atoms with Crippen molar-refractivity contribution in [2.24, 2.45) is 0 Å². The van der Waals surface area contributed by atoms with Gasteiger partial charge < -0.3 is 0 Å². The van der Waals surface area contributed by atoms with Gasteiger partial charge in [-0.15, -0.1) is 45.3 Å². The Bertz CT molecular complexity index is 1880. The monoisotopic (exact) mass is 680 g/mol. The Labute approximate surface area is 289 Å². The molecule has 0 N–H and O–H groups in total. The van der Waals surface area contributed by atoms with Crippen molar-refractivity contribution >= 4 is 87.6 Å². The van der Waals surface area contributed by atoms with Crippen LogP contribution >= 0.6 is 45.3 Å². The smallest absolute Gasteiger partial charge is 0.109 e. The van der Waals surface area contributed by atoms with Crippen LogP contribution in [0.3, 0.4) is 0 Å². The van der Waals surface area contributed by atoms with E-state index in [0.29, 0.717) is 0 Å². The fourth-order valence-electron chi connectivity index (χ4n) is 6.76. The molecule has 0 bridgehead atoms. The number of aryl methyl sites for hydroxylation is 2. The molecule has 0 saturated carbocycles. The number of hydrogen-bond donors (Lipinski definition) is 0. The molecule has 2 aromatic carbocycles. The normalized spacial score (nSPS) is 12.0. The van der Waals surface area contributed by atoms with Crippen LogP contribution in [0.5, 0.6) is 0 Å². The van der Waals surface area contributed by atoms with Crippen molar-refractivity contribution in [1.82, 2.24) is 9.97 Å². The van der Waals surface area contributed by atoms with Crippen molar-refractivity contribution < 1.29 is 0 Å². The first-order chi connectivity index (χ1) is 22.7. The summed E-state index contributed by atoms with van der Waals surface area (Å²) in [6, 6.07) is 18.2. The minimum atomic E-state index is 1.02. The second-order valence-electron chi connectivity index (χ2n) is 12.7. The van der Waals surface area contributed by atoms with Crippen LogP contribution in [0.2, 0.25) is 0 Å². The highest BCUT2D eigenvalue weighted by molar-refractivity contribution is 7.22. The summed E-state index contributed by atoms with van der Waals surface area (Å²) in [6.45, 7) is 4.59. The number of fused-ring (bicyclic) bond motifs is 7. The quantitative estimate of drug-likeness (QED) is 0.0750. The van der Waals surface area contributed by atoms with Crippen molar-refractivity contribution in [3.05, 3.63) is 69.0 Å². The number of nitrogens with zero attached hydrogens (tertiary/aromatic N) is 2. The Morgan fingerprint density at radius 1 is 0.500 bits per heavy atom. The molecule has 5 heterocycles. The minimum absolute atomic E-state index is 1.02. The maximum atomic E-state index is 5.61. The largest absolute Gasteiger partial charge is 0.242 e. The molecule has 0 aliphatic rings. The number of rotatable bonds is 16. The Kier molecular flexibility index (Phi) is 10.5. The SMILES string of the molecule is CCCCCCCCc1cc2c3cc(CCCCCCCC)sc3c3nc4c(-c5cccs5)ccc(-c5cccs5)c4nc3c2s1. The number of aromatic nitrogens is 2. The highest BCUT2D eigenvalue weighted by Gasteiger charge is 2.21. The highest BCUT2D eigenvalue weighted by Crippen LogP contribution is 2.45. The average Bonchev–Trinajstić information content (AvgIpc) is 3.90. The summed E-state index contributed by atoms with van der Waals surface area (Å²) in [5.41, 5.74) is 6.59. The predicted octanol–water partition coefficient (Wildman–Crippen LogP) is 14.5. The molecular weight excluding hydrogens is 637 g/mol. The van der Waals surface area contributed by atoms with Crippen LogP contribution in [-0.4, -0.2) is 9.97 Å². The number of hydrogen-bond acceptors (Lipinski definition) is 6. The molecule has 6 heteroatoms. The molecule has 0 radical (unpaired) electrons. The van der Waals surface area contributed by atoms with E-state index in [9.17, 15) is 0 Å². The summed E-state index contributed by atoms with van der Waals surface area (Å²) < 4.78 is 2.64. The van der Waals surface area contributed by atoms with Gasteiger partial charge in [0.05, 0.1) is 20.4 Å². The van der Waals surface area contributed by atoms with Crippen molar-refractivity contribution in [2.45, 2.75) is 104 Å². The molecule has 0 aliphatic carbocycles. The van der Waals surface area contributed by atoms with Crippen LogP contribution in [0.4, 0.5) is 0 Å². The van der Waals surface area contributed by atoms with Gasteiger partial charge in [0.25, 0.3) is 0 Å². The Balaban J connectivity index is 1.36. The van der Waals surface area contributed by atoms with E-state index < -0.39 is 0 Å². The van der Waals surface area contributed by atoms with Gasteiger partial charge in [0.1, 0.15) is 11.0 Å². The number of thiophene rings is 4. The zero-order valence-corrected chi connectivity index (χ0v) is 30.5. The highest BCUT2D eigenvalue weighted by atomic mass is 32.1. The van der Waals surface area contributed by atoms with Crippen molar-refractivity contribution in [2.75, 3.05) is 0 Å². The van der Waals surface area contributed by atoms with Gasteiger partial charge in [-0.2, -0.15) is 0 Å². The summed E-state index contributed by atoms with van der Waals surface area (Å²) >= 11 is 7.50. The fraction of sp³-hybridized carbons (Fsp3) is 0.400. The predicted molar refractivity (Wildman–Crippen MR) is 209 cm³/mol. The third-order valence-corrected chi connectivity index (χ3v) is 13.4. The van der Waals surface area contributed by atoms with Crippen LogP contribution in [0.15, 0.2) is 59.3 Å². The van der Waals surface area contributed by atoms with Gasteiger partial charge in [-0.1, -0.05) is 102 Å². The molecule has 5 aromatic heterocycles. The van der Waals surface area contributed by atoms with Gasteiger partial charge in [0.15, 0.2) is 0 Å². The third kappa shape index (κ3) is 6.69. The van der Waals surface area contributed by atoms with Crippen LogP contribution < -0.4 is 0 Å². The topological polar surface area (TPSA) is 25.8 Å². The van der Waals surface area contributed by atoms with Crippen LogP contribution in [0.1, 0.15) is 101 Å². The molecule has 0 atom stereocenters. The van der Waals surface area contributed by atoms with Gasteiger partial charge >= 0.3 is 0 Å². The number of unbranched alkanes of at least 4 members (excludes halogenated alkanes) is 10. The zero-order valence-electron chi connectivity index (χ0n) is 27.2. The second kappa shape index (κ2) is 15.1. The van der Waals surface area contributed by atoms with Gasteiger partial charge in [0, 0.05) is 41.4 Å². The lowest BCUT2D eigenvalue weighted by molar-refractivity contribution is 0.609. The maximum Gasteiger partial charge on any atom is 0.109 e. The van der Waals surface area contributed by atoms with E-state index in [4.69, 9.17) is 9.97 Å². The first kappa shape index (κ1) is 31.9. The van der Waals surface area contributed by atoms with E-state index in [2.05, 4.69) is 73.1 Å². The molecule has 7 aromatic rings. The van der Waals surface area contributed by atoms with Crippen LogP contribution in [0.25, 0.3) is 63.1 Å². The van der Waals surface area contributed by atoms with E-state index in [1.165, 1.54) is 128 Å². The van der Waals surface area contributed by atoms with Crippen molar-refractivity contribution in [3.8, 4) is 20.9 Å². The summed E-state index contributed by atoms with van der Waals surface area (Å²) in [7, 11) is 0. The standard InChI is InChI=1S/C40H44N2S4/c1-3-5-7-9-11-13-17-27-25-31-32-26-28(18-14-12-10-8-6-4-2)46-40(32)38-37(39(31)45-27)41-35-29(33-19-15-23-43-33)21-22-30(36(35)42-38)34-20-16-24-44-34/h15-16,19-26H,3-14,17-18H2,1-2H3. The van der Waals surface area contributed by atoms with Gasteiger partial charge in [-0.25, -0.2) is 9.97 Å². The molecule has 0 fully saturated rings. The first-order valence-corrected chi connectivity index (χ1v) is 20.8. The summed E-state index contributed by atoms with van der Waals surface area (Å²) in [4.78, 5) is 16.7. The lowest BCUT2D eigenvalue weighted by Gasteiger charge is -2.11. The molecule has 0 amide bonds. The lowest BCUT2D eigenvalue weighted by Crippen LogP contribution is -1.93. The summed E-state index contributed by atoms with van der Waals surface area (Å²) in [6.07, 6.45) is 18.3. The van der Waals surface area contributed by atoms with Crippen LogP contribution in [0, 0.1) is 0 Å². The second-order valence-corrected chi connectivity index (χ2v) is 16.8. The summed E-state index contributed by atoms with van der Waals surface area (Å²) in [5.74, 6) is 0. The maximum absolute atomic E-state index is 5.61. The van der Waals surface area contributed by atoms with Crippen molar-refractivity contribution in [3.63, 3.8) is 0 Å². The Morgan fingerprint density at radius 3 is 1.35 bits per heavy atom. The van der Waals surface area contributed by atoms with Gasteiger partial charge in [-0.05, 0) is 60.7 Å². The lowest BCUT2D eigenvalue weighted by atomic mass is 10.0. The average molecular weight is 681 g/mol. The van der Waals surface area contributed by atoms with Crippen LogP contribution in [-0.2, 0) is 12.8 Å². The van der Waals surface area contributed by atoms with E-state index in [-0.39, 0.29) is 0 Å². The number of benzene rings is 2. The van der Waals surface area contributed by atoms with E-state index in [1.807, 2.05) is 22.7 Å². The zero-order chi connectivity index (χ0) is 31.3. The Hall–Kier alpha value is -2.64. The molecule has 0 unspecified atom stereocenters. The molecule has 7 rings (SSSR count). The molecule has 46 heavy (non-hydrogen) atoms. The van der Waals surface area contributed by atoms with E-state index >= 15 is 0 Å². The van der Waals surface area contributed by atoms with E-state index in [1.54, 1.807) is 22.7 Å². The fourth-order valence-corrected chi connectivity index (χ4v) is 10.7. The molecular formula is C40H44N2S4. The van der Waals surface area contributed by atoms with E-state index in [0.717, 1.165) is 34.9 Å². The molecule has 0 aliphatic heterocycles. The third-order valence-electron chi connectivity index (χ3n) is 9.24.